The van der Waals surface area contributed by atoms with Crippen LogP contribution in [0.3, 0.4) is 0 Å². The van der Waals surface area contributed by atoms with Gasteiger partial charge in [-0.05, 0) is 36.7 Å². The first-order chi connectivity index (χ1) is 14.3. The molecule has 2 aromatic carbocycles. The Labute approximate surface area is 170 Å². The number of morpholine rings is 1. The van der Waals surface area contributed by atoms with Gasteiger partial charge in [0.15, 0.2) is 0 Å². The van der Waals surface area contributed by atoms with Crippen molar-refractivity contribution in [1.82, 2.24) is 20.4 Å². The molecular weight excluding hydrogens is 364 g/mol. The molecule has 1 aliphatic heterocycles. The summed E-state index contributed by atoms with van der Waals surface area (Å²) in [4.78, 5) is 14.7. The SMILES string of the molecule is O=C(NCCCN1CCOCC1)c1ccc(-c2cc(-c3ccccc3)n[nH]2)cc1. The second kappa shape index (κ2) is 9.49. The number of hydrogen-bond acceptors (Lipinski definition) is 4. The number of carbonyl (C=O) groups is 1. The fraction of sp³-hybridized carbons (Fsp3) is 0.304. The van der Waals surface area contributed by atoms with Crippen LogP contribution in [0.5, 0.6) is 0 Å². The van der Waals surface area contributed by atoms with Gasteiger partial charge in [0.05, 0.1) is 24.6 Å². The average molecular weight is 390 g/mol. The highest BCUT2D eigenvalue weighted by Crippen LogP contribution is 2.23. The number of benzene rings is 2. The molecule has 6 heteroatoms. The Kier molecular flexibility index (Phi) is 6.34. The van der Waals surface area contributed by atoms with Gasteiger partial charge in [0.2, 0.25) is 0 Å². The molecule has 150 valence electrons. The van der Waals surface area contributed by atoms with E-state index in [0.717, 1.165) is 61.8 Å². The molecule has 0 bridgehead atoms. The van der Waals surface area contributed by atoms with Crippen LogP contribution in [-0.2, 0) is 4.74 Å². The fourth-order valence-electron chi connectivity index (χ4n) is 3.46. The predicted octanol–water partition coefficient (Wildman–Crippen LogP) is 3.20. The first-order valence-electron chi connectivity index (χ1n) is 10.1. The van der Waals surface area contributed by atoms with Gasteiger partial charge in [0.25, 0.3) is 5.91 Å². The minimum atomic E-state index is -0.0342. The zero-order chi connectivity index (χ0) is 19.9. The highest BCUT2D eigenvalue weighted by atomic mass is 16.5. The molecule has 6 nitrogen and oxygen atoms in total. The predicted molar refractivity (Wildman–Crippen MR) is 114 cm³/mol. The molecule has 0 saturated carbocycles. The summed E-state index contributed by atoms with van der Waals surface area (Å²) in [7, 11) is 0. The molecule has 1 saturated heterocycles. The lowest BCUT2D eigenvalue weighted by Gasteiger charge is -2.26. The zero-order valence-corrected chi connectivity index (χ0v) is 16.4. The number of nitrogens with zero attached hydrogens (tertiary/aromatic N) is 2. The average Bonchev–Trinajstić information content (AvgIpc) is 3.28. The van der Waals surface area contributed by atoms with E-state index in [4.69, 9.17) is 4.74 Å². The van der Waals surface area contributed by atoms with E-state index in [1.165, 1.54) is 0 Å². The van der Waals surface area contributed by atoms with Crippen molar-refractivity contribution in [3.8, 4) is 22.5 Å². The number of nitrogens with one attached hydrogen (secondary N) is 2. The smallest absolute Gasteiger partial charge is 0.251 e. The number of H-pyrrole nitrogens is 1. The summed E-state index contributed by atoms with van der Waals surface area (Å²) < 4.78 is 5.35. The molecule has 2 heterocycles. The van der Waals surface area contributed by atoms with E-state index in [1.54, 1.807) is 0 Å². The largest absolute Gasteiger partial charge is 0.379 e. The van der Waals surface area contributed by atoms with Crippen LogP contribution in [0.15, 0.2) is 60.7 Å². The van der Waals surface area contributed by atoms with Crippen molar-refractivity contribution in [2.45, 2.75) is 6.42 Å². The molecule has 1 amide bonds. The van der Waals surface area contributed by atoms with Crippen LogP contribution in [0.2, 0.25) is 0 Å². The van der Waals surface area contributed by atoms with Gasteiger partial charge in [-0.15, -0.1) is 0 Å². The van der Waals surface area contributed by atoms with E-state index in [0.29, 0.717) is 12.1 Å². The van der Waals surface area contributed by atoms with Crippen molar-refractivity contribution in [1.29, 1.82) is 0 Å². The van der Waals surface area contributed by atoms with Crippen molar-refractivity contribution in [3.63, 3.8) is 0 Å². The van der Waals surface area contributed by atoms with E-state index < -0.39 is 0 Å². The normalized spacial score (nSPS) is 14.6. The van der Waals surface area contributed by atoms with Crippen LogP contribution in [0.1, 0.15) is 16.8 Å². The quantitative estimate of drug-likeness (QED) is 0.608. The molecule has 29 heavy (non-hydrogen) atoms. The van der Waals surface area contributed by atoms with Crippen molar-refractivity contribution in [2.75, 3.05) is 39.4 Å². The second-order valence-electron chi connectivity index (χ2n) is 7.17. The van der Waals surface area contributed by atoms with Crippen LogP contribution in [0.4, 0.5) is 0 Å². The Morgan fingerprint density at radius 2 is 1.79 bits per heavy atom. The van der Waals surface area contributed by atoms with Crippen molar-refractivity contribution in [2.24, 2.45) is 0 Å². The van der Waals surface area contributed by atoms with Crippen molar-refractivity contribution < 1.29 is 9.53 Å². The number of hydrogen-bond donors (Lipinski definition) is 2. The molecule has 1 aliphatic rings. The maximum atomic E-state index is 12.4. The van der Waals surface area contributed by atoms with E-state index in [9.17, 15) is 4.79 Å². The van der Waals surface area contributed by atoms with Crippen molar-refractivity contribution >= 4 is 5.91 Å². The van der Waals surface area contributed by atoms with E-state index in [-0.39, 0.29) is 5.91 Å². The van der Waals surface area contributed by atoms with Crippen LogP contribution >= 0.6 is 0 Å². The zero-order valence-electron chi connectivity index (χ0n) is 16.4. The first-order valence-corrected chi connectivity index (χ1v) is 10.1. The first kappa shape index (κ1) is 19.4. The summed E-state index contributed by atoms with van der Waals surface area (Å²) in [6.07, 6.45) is 0.945. The number of amides is 1. The second-order valence-corrected chi connectivity index (χ2v) is 7.17. The maximum absolute atomic E-state index is 12.4. The minimum Gasteiger partial charge on any atom is -0.379 e. The van der Waals surface area contributed by atoms with Gasteiger partial charge in [0, 0.05) is 30.8 Å². The number of ether oxygens (including phenoxy) is 1. The lowest BCUT2D eigenvalue weighted by molar-refractivity contribution is 0.0374. The minimum absolute atomic E-state index is 0.0342. The molecule has 1 fully saturated rings. The molecule has 0 aliphatic carbocycles. The summed E-state index contributed by atoms with van der Waals surface area (Å²) in [6.45, 7) is 5.25. The van der Waals surface area contributed by atoms with Crippen molar-refractivity contribution in [3.05, 3.63) is 66.2 Å². The van der Waals surface area contributed by atoms with Gasteiger partial charge in [-0.25, -0.2) is 0 Å². The molecule has 0 atom stereocenters. The summed E-state index contributed by atoms with van der Waals surface area (Å²) in [5.74, 6) is -0.0342. The van der Waals surface area contributed by atoms with Gasteiger partial charge >= 0.3 is 0 Å². The van der Waals surface area contributed by atoms with Gasteiger partial charge in [-0.3, -0.25) is 14.8 Å². The third-order valence-electron chi connectivity index (χ3n) is 5.15. The van der Waals surface area contributed by atoms with Crippen LogP contribution in [0, 0.1) is 0 Å². The lowest BCUT2D eigenvalue weighted by atomic mass is 10.1. The molecular formula is C23H26N4O2. The lowest BCUT2D eigenvalue weighted by Crippen LogP contribution is -2.38. The third kappa shape index (κ3) is 5.10. The standard InChI is InChI=1S/C23H26N4O2/c28-23(24-11-4-12-27-13-15-29-16-14-27)20-9-7-19(8-10-20)22-17-21(25-26-22)18-5-2-1-3-6-18/h1-3,5-10,17H,4,11-16H2,(H,24,28)(H,25,26). The number of aromatic nitrogens is 2. The van der Waals surface area contributed by atoms with Gasteiger partial charge in [-0.2, -0.15) is 5.10 Å². The van der Waals surface area contributed by atoms with Crippen LogP contribution in [-0.4, -0.2) is 60.4 Å². The number of rotatable bonds is 7. The maximum Gasteiger partial charge on any atom is 0.251 e. The Balaban J connectivity index is 1.29. The number of aromatic amines is 1. The summed E-state index contributed by atoms with van der Waals surface area (Å²) in [6, 6.07) is 19.7. The molecule has 0 spiro atoms. The van der Waals surface area contributed by atoms with Gasteiger partial charge < -0.3 is 10.1 Å². The highest BCUT2D eigenvalue weighted by Gasteiger charge is 2.11. The van der Waals surface area contributed by atoms with E-state index in [2.05, 4.69) is 20.4 Å². The summed E-state index contributed by atoms with van der Waals surface area (Å²) in [5.41, 5.74) is 4.58. The molecule has 3 aromatic rings. The molecule has 2 N–H and O–H groups in total. The number of carbonyl (C=O) groups excluding carboxylic acids is 1. The Morgan fingerprint density at radius 1 is 1.03 bits per heavy atom. The van der Waals surface area contributed by atoms with E-state index in [1.807, 2.05) is 60.7 Å². The van der Waals surface area contributed by atoms with Crippen LogP contribution in [0.25, 0.3) is 22.5 Å². The topological polar surface area (TPSA) is 70.2 Å². The molecule has 0 radical (unpaired) electrons. The van der Waals surface area contributed by atoms with Crippen LogP contribution < -0.4 is 5.32 Å². The molecule has 1 aromatic heterocycles. The van der Waals surface area contributed by atoms with Gasteiger partial charge in [0.1, 0.15) is 0 Å². The van der Waals surface area contributed by atoms with Gasteiger partial charge in [-0.1, -0.05) is 42.5 Å². The highest BCUT2D eigenvalue weighted by molar-refractivity contribution is 5.94. The summed E-state index contributed by atoms with van der Waals surface area (Å²) in [5, 5.41) is 10.5. The Bertz CT molecular complexity index is 916. The summed E-state index contributed by atoms with van der Waals surface area (Å²) >= 11 is 0. The third-order valence-corrected chi connectivity index (χ3v) is 5.15. The Morgan fingerprint density at radius 3 is 2.55 bits per heavy atom. The molecule has 4 rings (SSSR count). The monoisotopic (exact) mass is 390 g/mol. The molecule has 0 unspecified atom stereocenters. The van der Waals surface area contributed by atoms with E-state index >= 15 is 0 Å². The Hall–Kier alpha value is -2.96. The fourth-order valence-corrected chi connectivity index (χ4v) is 3.46.